The van der Waals surface area contributed by atoms with Gasteiger partial charge in [0.05, 0.1) is 12.0 Å². The second-order valence-electron chi connectivity index (χ2n) is 8.97. The van der Waals surface area contributed by atoms with E-state index in [1.165, 1.54) is 55.9 Å². The number of rotatable bonds is 5. The Labute approximate surface area is 168 Å². The number of hydrogen-bond donors (Lipinski definition) is 0. The molecule has 5 aliphatic carbocycles. The van der Waals surface area contributed by atoms with Gasteiger partial charge in [-0.05, 0) is 57.6 Å². The van der Waals surface area contributed by atoms with E-state index in [1.54, 1.807) is 5.57 Å². The minimum Gasteiger partial charge on any atom is -0.497 e. The van der Waals surface area contributed by atoms with Gasteiger partial charge in [0.15, 0.2) is 0 Å². The second-order valence-corrected chi connectivity index (χ2v) is 8.97. The van der Waals surface area contributed by atoms with E-state index in [4.69, 9.17) is 14.2 Å². The van der Waals surface area contributed by atoms with E-state index in [2.05, 4.69) is 19.9 Å². The van der Waals surface area contributed by atoms with Crippen molar-refractivity contribution >= 4 is 5.97 Å². The summed E-state index contributed by atoms with van der Waals surface area (Å²) >= 11 is 0. The van der Waals surface area contributed by atoms with Crippen molar-refractivity contribution in [1.29, 1.82) is 0 Å². The van der Waals surface area contributed by atoms with E-state index in [-0.39, 0.29) is 11.4 Å². The summed E-state index contributed by atoms with van der Waals surface area (Å²) in [5, 5.41) is 0. The lowest BCUT2D eigenvalue weighted by molar-refractivity contribution is -0.138. The molecular formula is C24H32O4. The fourth-order valence-electron chi connectivity index (χ4n) is 7.15. The van der Waals surface area contributed by atoms with Crippen molar-refractivity contribution in [3.63, 3.8) is 0 Å². The van der Waals surface area contributed by atoms with Crippen LogP contribution in [0, 0.1) is 17.3 Å². The fraction of sp³-hybridized carbons (Fsp3) is 0.708. The summed E-state index contributed by atoms with van der Waals surface area (Å²) in [6.07, 6.45) is 11.6. The van der Waals surface area contributed by atoms with Crippen LogP contribution in [-0.2, 0) is 19.0 Å². The predicted molar refractivity (Wildman–Crippen MR) is 106 cm³/mol. The van der Waals surface area contributed by atoms with Gasteiger partial charge < -0.3 is 14.2 Å². The summed E-state index contributed by atoms with van der Waals surface area (Å²) in [6, 6.07) is 0. The molecule has 0 heterocycles. The van der Waals surface area contributed by atoms with E-state index in [9.17, 15) is 4.79 Å². The summed E-state index contributed by atoms with van der Waals surface area (Å²) < 4.78 is 18.9. The van der Waals surface area contributed by atoms with Gasteiger partial charge in [-0.1, -0.05) is 24.8 Å². The summed E-state index contributed by atoms with van der Waals surface area (Å²) in [7, 11) is 0. The number of esters is 1. The number of allylic oxidation sites excluding steroid dienone is 2. The van der Waals surface area contributed by atoms with E-state index in [0.717, 1.165) is 25.0 Å². The van der Waals surface area contributed by atoms with Crippen molar-refractivity contribution < 1.29 is 19.0 Å². The van der Waals surface area contributed by atoms with Gasteiger partial charge in [-0.25, -0.2) is 0 Å². The number of fused-ring (bicyclic) bond motifs is 3. The Kier molecular flexibility index (Phi) is 4.28. The highest BCUT2D eigenvalue weighted by atomic mass is 16.5. The molecule has 0 aliphatic heterocycles. The Morgan fingerprint density at radius 1 is 1.11 bits per heavy atom. The molecule has 3 saturated carbocycles. The molecule has 0 aromatic heterocycles. The zero-order valence-corrected chi connectivity index (χ0v) is 17.4. The highest BCUT2D eigenvalue weighted by molar-refractivity contribution is 5.73. The molecule has 4 atom stereocenters. The summed E-state index contributed by atoms with van der Waals surface area (Å²) in [5.41, 5.74) is 3.68. The zero-order valence-electron chi connectivity index (χ0n) is 17.4. The molecule has 0 spiro atoms. The third-order valence-electron chi connectivity index (χ3n) is 7.73. The van der Waals surface area contributed by atoms with Crippen molar-refractivity contribution in [1.82, 2.24) is 0 Å². The maximum atomic E-state index is 12.0. The Bertz CT molecular complexity index is 803. The van der Waals surface area contributed by atoms with Gasteiger partial charge in [-0.3, -0.25) is 4.79 Å². The average Bonchev–Trinajstić information content (AvgIpc) is 3.24. The van der Waals surface area contributed by atoms with Gasteiger partial charge in [-0.15, -0.1) is 0 Å². The van der Waals surface area contributed by atoms with Gasteiger partial charge >= 0.3 is 5.97 Å². The smallest absolute Gasteiger partial charge is 0.307 e. The van der Waals surface area contributed by atoms with Crippen LogP contribution in [0.3, 0.4) is 0 Å². The molecule has 0 unspecified atom stereocenters. The summed E-state index contributed by atoms with van der Waals surface area (Å²) in [5.74, 6) is 2.56. The maximum absolute atomic E-state index is 12.0. The Balaban J connectivity index is 1.79. The van der Waals surface area contributed by atoms with E-state index >= 15 is 0 Å². The SMILES string of the molecule is CCOC1=C2C(=C3CCCC[C@@H]31)[C@@]13CCCC[C@H]1[C@]2(OCC)C=C3OC(C)=O. The predicted octanol–water partition coefficient (Wildman–Crippen LogP) is 5.20. The molecule has 0 aromatic rings. The zero-order chi connectivity index (χ0) is 19.5. The van der Waals surface area contributed by atoms with Crippen LogP contribution in [0.2, 0.25) is 0 Å². The molecule has 4 nitrogen and oxygen atoms in total. The van der Waals surface area contributed by atoms with Gasteiger partial charge in [0.2, 0.25) is 0 Å². The first-order valence-electron chi connectivity index (χ1n) is 11.3. The molecule has 3 fully saturated rings. The van der Waals surface area contributed by atoms with Gasteiger partial charge in [0.1, 0.15) is 17.1 Å². The molecular weight excluding hydrogens is 352 g/mol. The van der Waals surface area contributed by atoms with Crippen LogP contribution in [0.5, 0.6) is 0 Å². The summed E-state index contributed by atoms with van der Waals surface area (Å²) in [6.45, 7) is 7.01. The largest absolute Gasteiger partial charge is 0.497 e. The first-order valence-corrected chi connectivity index (χ1v) is 11.3. The molecule has 152 valence electrons. The highest BCUT2D eigenvalue weighted by Gasteiger charge is 2.73. The third kappa shape index (κ3) is 2.13. The molecule has 2 bridgehead atoms. The Morgan fingerprint density at radius 3 is 2.68 bits per heavy atom. The number of ether oxygens (including phenoxy) is 3. The van der Waals surface area contributed by atoms with Crippen molar-refractivity contribution in [2.24, 2.45) is 17.3 Å². The van der Waals surface area contributed by atoms with Crippen molar-refractivity contribution in [3.8, 4) is 0 Å². The van der Waals surface area contributed by atoms with Gasteiger partial charge in [0.25, 0.3) is 0 Å². The molecule has 0 saturated heterocycles. The molecule has 0 N–H and O–H groups in total. The van der Waals surface area contributed by atoms with Crippen LogP contribution in [0.15, 0.2) is 34.3 Å². The average molecular weight is 385 g/mol. The number of hydrogen-bond acceptors (Lipinski definition) is 4. The maximum Gasteiger partial charge on any atom is 0.307 e. The normalized spacial score (nSPS) is 38.2. The first kappa shape index (κ1) is 18.5. The Hall–Kier alpha value is -1.55. The van der Waals surface area contributed by atoms with Crippen LogP contribution in [0.1, 0.15) is 72.1 Å². The lowest BCUT2D eigenvalue weighted by Crippen LogP contribution is -2.40. The molecule has 0 amide bonds. The van der Waals surface area contributed by atoms with Crippen LogP contribution >= 0.6 is 0 Å². The van der Waals surface area contributed by atoms with Gasteiger partial charge in [-0.2, -0.15) is 0 Å². The molecule has 5 aliphatic rings. The van der Waals surface area contributed by atoms with Crippen LogP contribution < -0.4 is 0 Å². The lowest BCUT2D eigenvalue weighted by atomic mass is 9.64. The molecule has 4 heteroatoms. The minimum atomic E-state index is -0.482. The highest BCUT2D eigenvalue weighted by Crippen LogP contribution is 2.75. The molecule has 0 aromatic carbocycles. The van der Waals surface area contributed by atoms with Crippen LogP contribution in [0.4, 0.5) is 0 Å². The monoisotopic (exact) mass is 384 g/mol. The molecule has 5 rings (SSSR count). The quantitative estimate of drug-likeness (QED) is 0.611. The number of carbonyl (C=O) groups excluding carboxylic acids is 1. The van der Waals surface area contributed by atoms with E-state index in [1.807, 2.05) is 0 Å². The van der Waals surface area contributed by atoms with Crippen LogP contribution in [-0.4, -0.2) is 24.8 Å². The Morgan fingerprint density at radius 2 is 1.93 bits per heavy atom. The molecule has 0 radical (unpaired) electrons. The van der Waals surface area contributed by atoms with E-state index < -0.39 is 5.60 Å². The first-order chi connectivity index (χ1) is 13.6. The van der Waals surface area contributed by atoms with Gasteiger partial charge in [0, 0.05) is 30.9 Å². The minimum absolute atomic E-state index is 0.182. The van der Waals surface area contributed by atoms with Crippen molar-refractivity contribution in [2.45, 2.75) is 77.7 Å². The molecule has 28 heavy (non-hydrogen) atoms. The lowest BCUT2D eigenvalue weighted by Gasteiger charge is -2.41. The fourth-order valence-corrected chi connectivity index (χ4v) is 7.15. The van der Waals surface area contributed by atoms with E-state index in [0.29, 0.717) is 25.0 Å². The summed E-state index contributed by atoms with van der Waals surface area (Å²) in [4.78, 5) is 12.0. The van der Waals surface area contributed by atoms with Crippen LogP contribution in [0.25, 0.3) is 0 Å². The van der Waals surface area contributed by atoms with Crippen molar-refractivity contribution in [2.75, 3.05) is 13.2 Å². The standard InChI is InChI=1S/C24H32O4/c1-4-26-22-17-11-7-6-10-16(17)20-21(22)24(27-5-2)14-19(28-15(3)25)23(20)13-9-8-12-18(23)24/h14,17-18H,4-13H2,1-3H3/t17-,18+,23-,24+/m0/s1. The third-order valence-corrected chi connectivity index (χ3v) is 7.73. The number of carbonyl (C=O) groups is 1. The van der Waals surface area contributed by atoms with Crippen molar-refractivity contribution in [3.05, 3.63) is 34.3 Å². The topological polar surface area (TPSA) is 44.8 Å². The second kappa shape index (κ2) is 6.48.